The predicted octanol–water partition coefficient (Wildman–Crippen LogP) is 9.18. The molecule has 0 aliphatic carbocycles. The first-order valence-corrected chi connectivity index (χ1v) is 9.89. The molecule has 0 aromatic carbocycles. The normalized spacial score (nSPS) is 16.5. The lowest BCUT2D eigenvalue weighted by Crippen LogP contribution is -2.63. The Hall–Kier alpha value is 3.56. The minimum Gasteiger partial charge on any atom is -0.168 e. The summed E-state index contributed by atoms with van der Waals surface area (Å²) in [5.74, 6) is 0. The van der Waals surface area contributed by atoms with Crippen molar-refractivity contribution in [2.24, 2.45) is 0 Å². The Morgan fingerprint density at radius 2 is 0.792 bits per heavy atom. The van der Waals surface area contributed by atoms with Crippen LogP contribution in [-0.4, -0.2) is 31.6 Å². The highest BCUT2D eigenvalue weighted by Crippen LogP contribution is 2.68. The Kier molecular flexibility index (Phi) is 9.19. The SMILES string of the molecule is FC(F)(F)C(Cl)(Cl)CC(Cl)(Cl)C(Cl)(Cl)C(Cl)(Cl)C(Cl)(Cl)C(Cl)(Cl)Cl. The van der Waals surface area contributed by atoms with E-state index in [4.69, 9.17) is 151 Å². The highest BCUT2D eigenvalue weighted by atomic mass is 35.6. The molecule has 0 aromatic rings. The van der Waals surface area contributed by atoms with Gasteiger partial charge in [-0.25, -0.2) is 0 Å². The highest BCUT2D eigenvalue weighted by molar-refractivity contribution is 6.81. The zero-order chi connectivity index (χ0) is 20.2. The molecular formula is C8H2Cl13F3. The summed E-state index contributed by atoms with van der Waals surface area (Å²) < 4.78 is 20.8. The van der Waals surface area contributed by atoms with Gasteiger partial charge in [-0.1, -0.05) is 151 Å². The third kappa shape index (κ3) is 5.18. The number of halogens is 16. The number of rotatable bonds is 5. The van der Waals surface area contributed by atoms with Crippen LogP contribution < -0.4 is 0 Å². The molecular weight excluding hydrogens is 614 g/mol. The fourth-order valence-corrected chi connectivity index (χ4v) is 4.86. The Labute approximate surface area is 200 Å². The van der Waals surface area contributed by atoms with Gasteiger partial charge in [0.25, 0.3) is 0 Å². The molecule has 0 atom stereocenters. The number of alkyl halides is 16. The summed E-state index contributed by atoms with van der Waals surface area (Å²) >= 11 is 73.6. The van der Waals surface area contributed by atoms with Gasteiger partial charge in [0, 0.05) is 6.42 Å². The summed E-state index contributed by atoms with van der Waals surface area (Å²) in [7, 11) is 0. The molecule has 0 N–H and O–H groups in total. The third-order valence-electron chi connectivity index (χ3n) is 2.46. The van der Waals surface area contributed by atoms with Crippen LogP contribution in [0.15, 0.2) is 0 Å². The lowest BCUT2D eigenvalue weighted by molar-refractivity contribution is -0.143. The van der Waals surface area contributed by atoms with E-state index in [9.17, 15) is 13.2 Å². The van der Waals surface area contributed by atoms with Crippen molar-refractivity contribution in [3.63, 3.8) is 0 Å². The molecule has 0 rings (SSSR count). The van der Waals surface area contributed by atoms with Gasteiger partial charge in [-0.15, -0.1) is 0 Å². The molecule has 16 heteroatoms. The molecule has 0 radical (unpaired) electrons. The molecule has 0 fully saturated rings. The quantitative estimate of drug-likeness (QED) is 0.271. The molecule has 0 spiro atoms. The second kappa shape index (κ2) is 8.00. The van der Waals surface area contributed by atoms with Gasteiger partial charge in [-0.2, -0.15) is 13.2 Å². The Bertz CT molecular complexity index is 461. The standard InChI is InChI=1S/C8H2Cl13F3/c9-2(10,1-3(11,12)8(22,23)24)4(13,14)5(15,16)6(17,18)7(19,20)21/h1H2. The van der Waals surface area contributed by atoms with Gasteiger partial charge < -0.3 is 0 Å². The van der Waals surface area contributed by atoms with Crippen molar-refractivity contribution in [3.05, 3.63) is 0 Å². The van der Waals surface area contributed by atoms with Gasteiger partial charge in [0.05, 0.1) is 0 Å². The zero-order valence-corrected chi connectivity index (χ0v) is 20.1. The maximum atomic E-state index is 12.8. The van der Waals surface area contributed by atoms with Gasteiger partial charge in [0.2, 0.25) is 12.5 Å². The van der Waals surface area contributed by atoms with Crippen LogP contribution in [0.2, 0.25) is 0 Å². The minimum absolute atomic E-state index is 1.51. The van der Waals surface area contributed by atoms with Gasteiger partial charge in [-0.05, 0) is 0 Å². The van der Waals surface area contributed by atoms with Crippen molar-refractivity contribution < 1.29 is 13.2 Å². The third-order valence-corrected chi connectivity index (χ3v) is 10.1. The van der Waals surface area contributed by atoms with E-state index in [0.29, 0.717) is 0 Å². The molecule has 0 saturated carbocycles. The van der Waals surface area contributed by atoms with Crippen molar-refractivity contribution in [2.45, 2.75) is 38.1 Å². The van der Waals surface area contributed by atoms with Crippen LogP contribution in [0.4, 0.5) is 13.2 Å². The number of hydrogen-bond acceptors (Lipinski definition) is 0. The molecule has 0 saturated heterocycles. The summed E-state index contributed by atoms with van der Waals surface area (Å²) in [6.07, 6.45) is -6.68. The van der Waals surface area contributed by atoms with Crippen LogP contribution in [0, 0.1) is 0 Å². The fraction of sp³-hybridized carbons (Fsp3) is 1.00. The van der Waals surface area contributed by atoms with Crippen LogP contribution >= 0.6 is 151 Å². The molecule has 0 aliphatic heterocycles. The van der Waals surface area contributed by atoms with Crippen molar-refractivity contribution in [1.29, 1.82) is 0 Å². The first-order valence-electron chi connectivity index (χ1n) is 4.98. The first-order chi connectivity index (χ1) is 9.96. The second-order valence-electron chi connectivity index (χ2n) is 4.30. The average Bonchev–Trinajstić information content (AvgIpc) is 2.23. The summed E-state index contributed by atoms with van der Waals surface area (Å²) in [5, 5.41) is 0. The van der Waals surface area contributed by atoms with Gasteiger partial charge in [-0.3, -0.25) is 0 Å². The smallest absolute Gasteiger partial charge is 0.168 e. The van der Waals surface area contributed by atoms with Crippen molar-refractivity contribution >= 4 is 151 Å². The first kappa shape index (κ1) is 27.6. The van der Waals surface area contributed by atoms with E-state index in [1.807, 2.05) is 0 Å². The van der Waals surface area contributed by atoms with Gasteiger partial charge >= 0.3 is 6.18 Å². The van der Waals surface area contributed by atoms with E-state index in [-0.39, 0.29) is 0 Å². The summed E-state index contributed by atoms with van der Waals surface area (Å²) in [5.41, 5.74) is 0. The minimum atomic E-state index is -5.18. The zero-order valence-electron chi connectivity index (χ0n) is 10.3. The van der Waals surface area contributed by atoms with Gasteiger partial charge in [0.1, 0.15) is 0 Å². The molecule has 0 aromatic heterocycles. The largest absolute Gasteiger partial charge is 0.421 e. The van der Waals surface area contributed by atoms with E-state index in [2.05, 4.69) is 0 Å². The maximum absolute atomic E-state index is 12.8. The molecule has 0 nitrogen and oxygen atoms in total. The number of hydrogen-bond donors (Lipinski definition) is 0. The highest BCUT2D eigenvalue weighted by Gasteiger charge is 2.74. The van der Waals surface area contributed by atoms with Crippen LogP contribution in [0.5, 0.6) is 0 Å². The Balaban J connectivity index is 6.04. The van der Waals surface area contributed by atoms with E-state index in [1.165, 1.54) is 0 Å². The molecule has 0 heterocycles. The maximum Gasteiger partial charge on any atom is 0.421 e. The van der Waals surface area contributed by atoms with Crippen LogP contribution in [0.1, 0.15) is 6.42 Å². The molecule has 0 unspecified atom stereocenters. The van der Waals surface area contributed by atoms with Crippen LogP contribution in [0.25, 0.3) is 0 Å². The lowest BCUT2D eigenvalue weighted by Gasteiger charge is -2.48. The Morgan fingerprint density at radius 3 is 1.04 bits per heavy atom. The molecule has 146 valence electrons. The molecule has 0 bridgehead atoms. The molecule has 24 heavy (non-hydrogen) atoms. The van der Waals surface area contributed by atoms with Crippen molar-refractivity contribution in [1.82, 2.24) is 0 Å². The van der Waals surface area contributed by atoms with E-state index < -0.39 is 38.1 Å². The van der Waals surface area contributed by atoms with E-state index in [1.54, 1.807) is 0 Å². The van der Waals surface area contributed by atoms with Crippen molar-refractivity contribution in [2.75, 3.05) is 0 Å². The molecule has 0 aliphatic rings. The summed E-state index contributed by atoms with van der Waals surface area (Å²) in [4.78, 5) is 0. The van der Waals surface area contributed by atoms with E-state index in [0.717, 1.165) is 0 Å². The molecule has 0 amide bonds. The Morgan fingerprint density at radius 1 is 0.458 bits per heavy atom. The summed E-state index contributed by atoms with van der Waals surface area (Å²) in [6.45, 7) is 0. The van der Waals surface area contributed by atoms with Crippen LogP contribution in [0.3, 0.4) is 0 Å². The fourth-order valence-electron chi connectivity index (χ4n) is 1.09. The monoisotopic (exact) mass is 610 g/mol. The van der Waals surface area contributed by atoms with Gasteiger partial charge in [0.15, 0.2) is 13.0 Å². The van der Waals surface area contributed by atoms with Crippen molar-refractivity contribution in [3.8, 4) is 0 Å². The summed E-state index contributed by atoms with van der Waals surface area (Å²) in [6, 6.07) is 0. The average molecular weight is 616 g/mol. The second-order valence-corrected chi connectivity index (χ2v) is 13.5. The van der Waals surface area contributed by atoms with Crippen LogP contribution in [-0.2, 0) is 0 Å². The predicted molar refractivity (Wildman–Crippen MR) is 103 cm³/mol. The lowest BCUT2D eigenvalue weighted by atomic mass is 10.1. The van der Waals surface area contributed by atoms with E-state index >= 15 is 0 Å². The topological polar surface area (TPSA) is 0 Å².